The fourth-order valence-electron chi connectivity index (χ4n) is 3.43. The standard InChI is InChI=1S/C25H28N2O5.Li.H/c1-3-23-26-21(19-8-6-5-7-9-19)17-24(28)27(23)14-15-32-20-12-10-18(11-13-20)16-22(25(29)30)31-4-2;;/h5-13,17,22H,3-4,14-16H2,1-2H3,(H,29,30);;. The van der Waals surface area contributed by atoms with E-state index in [1.165, 1.54) is 0 Å². The Bertz CT molecular complexity index is 1080. The van der Waals surface area contributed by atoms with Gasteiger partial charge in [0, 0.05) is 31.1 Å². The van der Waals surface area contributed by atoms with Crippen molar-refractivity contribution < 1.29 is 19.4 Å². The second kappa shape index (κ2) is 13.0. The van der Waals surface area contributed by atoms with Gasteiger partial charge in [0.2, 0.25) is 0 Å². The molecule has 7 nitrogen and oxygen atoms in total. The molecule has 170 valence electrons. The number of carboxylic acids is 1. The first kappa shape index (κ1) is 26.4. The van der Waals surface area contributed by atoms with Crippen LogP contribution < -0.4 is 10.3 Å². The van der Waals surface area contributed by atoms with Gasteiger partial charge in [0.25, 0.3) is 5.56 Å². The molecule has 1 unspecified atom stereocenters. The van der Waals surface area contributed by atoms with Crippen LogP contribution in [0.3, 0.4) is 0 Å². The van der Waals surface area contributed by atoms with Gasteiger partial charge in [-0.2, -0.15) is 0 Å². The molecular weight excluding hydrogens is 415 g/mol. The molecule has 0 saturated heterocycles. The van der Waals surface area contributed by atoms with Crippen LogP contribution in [-0.4, -0.2) is 58.8 Å². The minimum absolute atomic E-state index is 0. The Hall–Kier alpha value is -2.85. The SMILES string of the molecule is CCOC(Cc1ccc(OCCn2c(CC)nc(-c3ccccc3)cc2=O)cc1)C(=O)O.[LiH]. The number of hydrogen-bond acceptors (Lipinski definition) is 5. The maximum atomic E-state index is 12.7. The third-order valence-corrected chi connectivity index (χ3v) is 5.04. The molecule has 1 heterocycles. The van der Waals surface area contributed by atoms with Crippen LogP contribution in [0.15, 0.2) is 65.5 Å². The van der Waals surface area contributed by atoms with E-state index in [1.807, 2.05) is 49.4 Å². The summed E-state index contributed by atoms with van der Waals surface area (Å²) in [7, 11) is 0. The molecular formula is C25H29LiN2O5. The van der Waals surface area contributed by atoms with E-state index in [2.05, 4.69) is 4.98 Å². The van der Waals surface area contributed by atoms with Gasteiger partial charge in [-0.1, -0.05) is 49.4 Å². The first-order valence-corrected chi connectivity index (χ1v) is 10.7. The van der Waals surface area contributed by atoms with E-state index in [1.54, 1.807) is 29.7 Å². The van der Waals surface area contributed by atoms with Gasteiger partial charge in [-0.05, 0) is 24.6 Å². The second-order valence-corrected chi connectivity index (χ2v) is 7.25. The Morgan fingerprint density at radius 1 is 1.09 bits per heavy atom. The normalized spacial score (nSPS) is 11.5. The Balaban J connectivity index is 0.00000385. The number of nitrogens with zero attached hydrogens (tertiary/aromatic N) is 2. The molecule has 0 saturated carbocycles. The first-order valence-electron chi connectivity index (χ1n) is 10.7. The van der Waals surface area contributed by atoms with Crippen molar-refractivity contribution in [1.29, 1.82) is 0 Å². The molecule has 0 aliphatic rings. The average Bonchev–Trinajstić information content (AvgIpc) is 2.81. The molecule has 2 aromatic carbocycles. The summed E-state index contributed by atoms with van der Waals surface area (Å²) in [4.78, 5) is 28.6. The Labute approximate surface area is 205 Å². The summed E-state index contributed by atoms with van der Waals surface area (Å²) in [5.74, 6) is 0.388. The van der Waals surface area contributed by atoms with Crippen molar-refractivity contribution in [3.63, 3.8) is 0 Å². The summed E-state index contributed by atoms with van der Waals surface area (Å²) >= 11 is 0. The number of carboxylic acid groups (broad SMARTS) is 1. The molecule has 8 heteroatoms. The second-order valence-electron chi connectivity index (χ2n) is 7.25. The van der Waals surface area contributed by atoms with Crippen molar-refractivity contribution >= 4 is 24.8 Å². The average molecular weight is 444 g/mol. The van der Waals surface area contributed by atoms with Gasteiger partial charge in [0.05, 0.1) is 12.2 Å². The number of benzene rings is 2. The number of aliphatic carboxylic acids is 1. The first-order chi connectivity index (χ1) is 15.5. The summed E-state index contributed by atoms with van der Waals surface area (Å²) in [6.07, 6.45) is 0.0605. The fourth-order valence-corrected chi connectivity index (χ4v) is 3.43. The predicted octanol–water partition coefficient (Wildman–Crippen LogP) is 2.94. The number of ether oxygens (including phenoxy) is 2. The van der Waals surface area contributed by atoms with E-state index in [4.69, 9.17) is 9.47 Å². The van der Waals surface area contributed by atoms with E-state index in [-0.39, 0.29) is 30.8 Å². The predicted molar refractivity (Wildman–Crippen MR) is 129 cm³/mol. The summed E-state index contributed by atoms with van der Waals surface area (Å²) in [5.41, 5.74) is 2.33. The molecule has 33 heavy (non-hydrogen) atoms. The molecule has 1 atom stereocenters. The zero-order valence-corrected chi connectivity index (χ0v) is 18.4. The van der Waals surface area contributed by atoms with E-state index in [0.717, 1.165) is 11.1 Å². The quantitative estimate of drug-likeness (QED) is 0.458. The summed E-state index contributed by atoms with van der Waals surface area (Å²) in [5, 5.41) is 9.21. The van der Waals surface area contributed by atoms with Crippen molar-refractivity contribution in [2.75, 3.05) is 13.2 Å². The Morgan fingerprint density at radius 3 is 2.39 bits per heavy atom. The monoisotopic (exact) mass is 444 g/mol. The van der Waals surface area contributed by atoms with E-state index in [0.29, 0.717) is 43.4 Å². The van der Waals surface area contributed by atoms with Crippen molar-refractivity contribution in [1.82, 2.24) is 9.55 Å². The van der Waals surface area contributed by atoms with Crippen molar-refractivity contribution in [2.45, 2.75) is 39.3 Å². The zero-order chi connectivity index (χ0) is 22.9. The molecule has 3 rings (SSSR count). The molecule has 0 fully saturated rings. The van der Waals surface area contributed by atoms with E-state index >= 15 is 0 Å². The molecule has 1 aromatic heterocycles. The number of aromatic nitrogens is 2. The van der Waals surface area contributed by atoms with Gasteiger partial charge in [-0.15, -0.1) is 0 Å². The minimum atomic E-state index is -0.976. The molecule has 1 N–H and O–H groups in total. The van der Waals surface area contributed by atoms with Gasteiger partial charge in [-0.3, -0.25) is 9.36 Å². The zero-order valence-electron chi connectivity index (χ0n) is 18.4. The van der Waals surface area contributed by atoms with Crippen LogP contribution in [0, 0.1) is 0 Å². The molecule has 0 aliphatic heterocycles. The van der Waals surface area contributed by atoms with Crippen LogP contribution in [0.25, 0.3) is 11.3 Å². The van der Waals surface area contributed by atoms with Gasteiger partial charge in [0.1, 0.15) is 18.2 Å². The Kier molecular flexibility index (Phi) is 10.4. The summed E-state index contributed by atoms with van der Waals surface area (Å²) < 4.78 is 12.7. The topological polar surface area (TPSA) is 90.7 Å². The van der Waals surface area contributed by atoms with Crippen molar-refractivity contribution in [2.24, 2.45) is 0 Å². The third-order valence-electron chi connectivity index (χ3n) is 5.04. The molecule has 0 aliphatic carbocycles. The van der Waals surface area contributed by atoms with Crippen LogP contribution in [0.2, 0.25) is 0 Å². The molecule has 0 spiro atoms. The van der Waals surface area contributed by atoms with Crippen molar-refractivity contribution in [3.05, 3.63) is 82.4 Å². The van der Waals surface area contributed by atoms with E-state index in [9.17, 15) is 14.7 Å². The molecule has 0 bridgehead atoms. The number of carbonyl (C=O) groups is 1. The van der Waals surface area contributed by atoms with Crippen LogP contribution in [0.1, 0.15) is 25.2 Å². The van der Waals surface area contributed by atoms with Gasteiger partial charge >= 0.3 is 24.8 Å². The fraction of sp³-hybridized carbons (Fsp3) is 0.320. The third kappa shape index (κ3) is 7.33. The van der Waals surface area contributed by atoms with Crippen LogP contribution >= 0.6 is 0 Å². The van der Waals surface area contributed by atoms with Crippen LogP contribution in [0.5, 0.6) is 5.75 Å². The summed E-state index contributed by atoms with van der Waals surface area (Å²) in [6, 6.07) is 18.4. The van der Waals surface area contributed by atoms with Gasteiger partial charge in [-0.25, -0.2) is 9.78 Å². The number of hydrogen-bond donors (Lipinski definition) is 1. The molecule has 0 amide bonds. The van der Waals surface area contributed by atoms with Crippen LogP contribution in [0.4, 0.5) is 0 Å². The van der Waals surface area contributed by atoms with E-state index < -0.39 is 12.1 Å². The number of aryl methyl sites for hydroxylation is 1. The summed E-state index contributed by atoms with van der Waals surface area (Å²) in [6.45, 7) is 4.79. The Morgan fingerprint density at radius 2 is 1.79 bits per heavy atom. The number of rotatable bonds is 11. The van der Waals surface area contributed by atoms with Gasteiger partial charge in [0.15, 0.2) is 6.10 Å². The molecule has 3 aromatic rings. The van der Waals surface area contributed by atoms with Gasteiger partial charge < -0.3 is 14.6 Å². The van der Waals surface area contributed by atoms with Crippen LogP contribution in [-0.2, 0) is 28.9 Å². The maximum absolute atomic E-state index is 12.7. The molecule has 0 radical (unpaired) electrons. The van der Waals surface area contributed by atoms with Crippen molar-refractivity contribution in [3.8, 4) is 17.0 Å².